The lowest BCUT2D eigenvalue weighted by Gasteiger charge is -2.21. The van der Waals surface area contributed by atoms with Crippen LogP contribution in [0.2, 0.25) is 0 Å². The van der Waals surface area contributed by atoms with Gasteiger partial charge in [-0.3, -0.25) is 0 Å². The standard InChI is InChI=1S/C12H22N2O3S/c1-3-8(2)10(11(15)16)14-12(17)13-6-9-4-5-18-7-9/h8-10H,3-7H2,1-2H3,(H,15,16)(H2,13,14,17)/t8-,9?,10-/m0/s1. The Bertz CT molecular complexity index is 293. The van der Waals surface area contributed by atoms with Gasteiger partial charge in [0.1, 0.15) is 6.04 Å². The number of carbonyl (C=O) groups excluding carboxylic acids is 1. The van der Waals surface area contributed by atoms with E-state index in [1.54, 1.807) is 0 Å². The van der Waals surface area contributed by atoms with E-state index in [0.29, 0.717) is 12.5 Å². The molecule has 0 saturated carbocycles. The van der Waals surface area contributed by atoms with Crippen LogP contribution in [0.15, 0.2) is 0 Å². The number of urea groups is 1. The van der Waals surface area contributed by atoms with E-state index in [4.69, 9.17) is 5.11 Å². The van der Waals surface area contributed by atoms with Crippen molar-refractivity contribution < 1.29 is 14.7 Å². The van der Waals surface area contributed by atoms with Crippen molar-refractivity contribution in [2.45, 2.75) is 32.7 Å². The molecule has 1 saturated heterocycles. The van der Waals surface area contributed by atoms with Gasteiger partial charge in [0, 0.05) is 6.54 Å². The van der Waals surface area contributed by atoms with Crippen LogP contribution in [0.5, 0.6) is 0 Å². The molecule has 0 bridgehead atoms. The molecule has 18 heavy (non-hydrogen) atoms. The van der Waals surface area contributed by atoms with Crippen LogP contribution in [-0.2, 0) is 4.79 Å². The minimum Gasteiger partial charge on any atom is -0.480 e. The molecule has 3 atom stereocenters. The number of hydrogen-bond donors (Lipinski definition) is 3. The van der Waals surface area contributed by atoms with Crippen LogP contribution >= 0.6 is 11.8 Å². The summed E-state index contributed by atoms with van der Waals surface area (Å²) in [4.78, 5) is 22.7. The smallest absolute Gasteiger partial charge is 0.326 e. The first-order valence-electron chi connectivity index (χ1n) is 6.39. The molecule has 0 spiro atoms. The van der Waals surface area contributed by atoms with Crippen LogP contribution in [0.1, 0.15) is 26.7 Å². The van der Waals surface area contributed by atoms with E-state index in [9.17, 15) is 9.59 Å². The second-order valence-corrected chi connectivity index (χ2v) is 5.94. The molecule has 5 nitrogen and oxygen atoms in total. The van der Waals surface area contributed by atoms with Crippen molar-refractivity contribution in [1.82, 2.24) is 10.6 Å². The van der Waals surface area contributed by atoms with Crippen LogP contribution < -0.4 is 10.6 Å². The molecule has 3 N–H and O–H groups in total. The lowest BCUT2D eigenvalue weighted by Crippen LogP contribution is -2.49. The summed E-state index contributed by atoms with van der Waals surface area (Å²) in [5.74, 6) is 1.70. The maximum absolute atomic E-state index is 11.6. The lowest BCUT2D eigenvalue weighted by atomic mass is 9.99. The van der Waals surface area contributed by atoms with Crippen molar-refractivity contribution in [2.75, 3.05) is 18.1 Å². The second kappa shape index (κ2) is 7.51. The summed E-state index contributed by atoms with van der Waals surface area (Å²) >= 11 is 1.90. The minimum absolute atomic E-state index is 0.0738. The third-order valence-corrected chi connectivity index (χ3v) is 4.57. The maximum Gasteiger partial charge on any atom is 0.326 e. The highest BCUT2D eigenvalue weighted by molar-refractivity contribution is 7.99. The maximum atomic E-state index is 11.6. The molecular formula is C12H22N2O3S. The van der Waals surface area contributed by atoms with Crippen LogP contribution in [0.3, 0.4) is 0 Å². The summed E-state index contributed by atoms with van der Waals surface area (Å²) in [5, 5.41) is 14.4. The van der Waals surface area contributed by atoms with Crippen LogP contribution in [0.4, 0.5) is 4.79 Å². The second-order valence-electron chi connectivity index (χ2n) is 4.79. The quantitative estimate of drug-likeness (QED) is 0.686. The van der Waals surface area contributed by atoms with Gasteiger partial charge in [0.15, 0.2) is 0 Å². The number of rotatable bonds is 6. The molecule has 0 aromatic heterocycles. The summed E-state index contributed by atoms with van der Waals surface area (Å²) in [6.07, 6.45) is 1.84. The van der Waals surface area contributed by atoms with Crippen LogP contribution in [0, 0.1) is 11.8 Å². The van der Waals surface area contributed by atoms with E-state index >= 15 is 0 Å². The largest absolute Gasteiger partial charge is 0.480 e. The normalized spacial score (nSPS) is 22.2. The van der Waals surface area contributed by atoms with Gasteiger partial charge in [0.2, 0.25) is 0 Å². The lowest BCUT2D eigenvalue weighted by molar-refractivity contribution is -0.140. The minimum atomic E-state index is -0.976. The van der Waals surface area contributed by atoms with E-state index in [0.717, 1.165) is 24.3 Å². The Morgan fingerprint density at radius 1 is 1.50 bits per heavy atom. The number of nitrogens with one attached hydrogen (secondary N) is 2. The number of amides is 2. The van der Waals surface area contributed by atoms with E-state index in [1.807, 2.05) is 25.6 Å². The molecule has 1 unspecified atom stereocenters. The van der Waals surface area contributed by atoms with Gasteiger partial charge in [-0.25, -0.2) is 9.59 Å². The topological polar surface area (TPSA) is 78.4 Å². The van der Waals surface area contributed by atoms with Crippen LogP contribution in [0.25, 0.3) is 0 Å². The highest BCUT2D eigenvalue weighted by Crippen LogP contribution is 2.22. The third-order valence-electron chi connectivity index (χ3n) is 3.34. The number of hydrogen-bond acceptors (Lipinski definition) is 3. The fourth-order valence-electron chi connectivity index (χ4n) is 1.86. The van der Waals surface area contributed by atoms with Gasteiger partial charge in [0.05, 0.1) is 0 Å². The van der Waals surface area contributed by atoms with E-state index < -0.39 is 12.0 Å². The molecule has 0 aromatic carbocycles. The summed E-state index contributed by atoms with van der Waals surface area (Å²) in [6.45, 7) is 4.37. The molecule has 1 aliphatic rings. The zero-order valence-corrected chi connectivity index (χ0v) is 11.8. The van der Waals surface area contributed by atoms with Crippen molar-refractivity contribution in [3.05, 3.63) is 0 Å². The van der Waals surface area contributed by atoms with Gasteiger partial charge < -0.3 is 15.7 Å². The van der Waals surface area contributed by atoms with Gasteiger partial charge >= 0.3 is 12.0 Å². The molecule has 1 rings (SSSR count). The zero-order valence-electron chi connectivity index (χ0n) is 10.9. The zero-order chi connectivity index (χ0) is 13.5. The summed E-state index contributed by atoms with van der Waals surface area (Å²) < 4.78 is 0. The van der Waals surface area contributed by atoms with Crippen molar-refractivity contribution in [3.8, 4) is 0 Å². The molecule has 2 amide bonds. The first kappa shape index (κ1) is 15.1. The van der Waals surface area contributed by atoms with E-state index in [-0.39, 0.29) is 11.9 Å². The molecule has 0 aliphatic carbocycles. The van der Waals surface area contributed by atoms with Crippen molar-refractivity contribution in [1.29, 1.82) is 0 Å². The van der Waals surface area contributed by atoms with Crippen molar-refractivity contribution >= 4 is 23.8 Å². The molecule has 6 heteroatoms. The number of carboxylic acids is 1. The highest BCUT2D eigenvalue weighted by atomic mass is 32.2. The Morgan fingerprint density at radius 2 is 2.22 bits per heavy atom. The third kappa shape index (κ3) is 4.76. The molecule has 1 fully saturated rings. The Morgan fingerprint density at radius 3 is 2.72 bits per heavy atom. The summed E-state index contributed by atoms with van der Waals surface area (Å²) in [7, 11) is 0. The first-order valence-corrected chi connectivity index (χ1v) is 7.55. The number of carboxylic acid groups (broad SMARTS) is 1. The Labute approximate surface area is 112 Å². The SMILES string of the molecule is CC[C@H](C)[C@H](NC(=O)NCC1CCSC1)C(=O)O. The molecule has 0 radical (unpaired) electrons. The number of aliphatic carboxylic acids is 1. The van der Waals surface area contributed by atoms with Gasteiger partial charge in [-0.05, 0) is 29.8 Å². The molecule has 1 aliphatic heterocycles. The first-order chi connectivity index (χ1) is 8.54. The predicted octanol–water partition coefficient (Wildman–Crippen LogP) is 1.54. The average Bonchev–Trinajstić information content (AvgIpc) is 2.85. The molecule has 1 heterocycles. The van der Waals surface area contributed by atoms with Crippen LogP contribution in [-0.4, -0.2) is 41.2 Å². The summed E-state index contributed by atoms with van der Waals surface area (Å²) in [5.41, 5.74) is 0. The van der Waals surface area contributed by atoms with E-state index in [1.165, 1.54) is 0 Å². The van der Waals surface area contributed by atoms with Crippen molar-refractivity contribution in [2.24, 2.45) is 11.8 Å². The van der Waals surface area contributed by atoms with Gasteiger partial charge in [-0.2, -0.15) is 11.8 Å². The molecular weight excluding hydrogens is 252 g/mol. The van der Waals surface area contributed by atoms with Gasteiger partial charge in [-0.15, -0.1) is 0 Å². The predicted molar refractivity (Wildman–Crippen MR) is 72.8 cm³/mol. The monoisotopic (exact) mass is 274 g/mol. The number of thioether (sulfide) groups is 1. The van der Waals surface area contributed by atoms with Gasteiger partial charge in [0.25, 0.3) is 0 Å². The molecule has 0 aromatic rings. The fourth-order valence-corrected chi connectivity index (χ4v) is 3.14. The highest BCUT2D eigenvalue weighted by Gasteiger charge is 2.25. The fraction of sp³-hybridized carbons (Fsp3) is 0.833. The Kier molecular flexibility index (Phi) is 6.32. The van der Waals surface area contributed by atoms with E-state index in [2.05, 4.69) is 10.6 Å². The average molecular weight is 274 g/mol. The van der Waals surface area contributed by atoms with Gasteiger partial charge in [-0.1, -0.05) is 20.3 Å². The molecule has 104 valence electrons. The Hall–Kier alpha value is -0.910. The number of carbonyl (C=O) groups is 2. The summed E-state index contributed by atoms with van der Waals surface area (Å²) in [6, 6.07) is -1.19. The Balaban J connectivity index is 2.33. The van der Waals surface area contributed by atoms with Crippen molar-refractivity contribution in [3.63, 3.8) is 0 Å².